The highest BCUT2D eigenvalue weighted by Gasteiger charge is 2.36. The van der Waals surface area contributed by atoms with Gasteiger partial charge in [0, 0.05) is 17.8 Å². The van der Waals surface area contributed by atoms with Crippen LogP contribution in [0.15, 0.2) is 24.3 Å². The first-order valence-corrected chi connectivity index (χ1v) is 6.85. The molecule has 1 aliphatic rings. The Labute approximate surface area is 94.2 Å². The predicted octanol–water partition coefficient (Wildman–Crippen LogP) is -0.870. The van der Waals surface area contributed by atoms with Gasteiger partial charge in [0.25, 0.3) is 0 Å². The number of anilines is 1. The van der Waals surface area contributed by atoms with Crippen molar-refractivity contribution in [2.24, 2.45) is 0 Å². The molecule has 0 saturated carbocycles. The molecule has 6 heteroatoms. The molecule has 1 aromatic carbocycles. The van der Waals surface area contributed by atoms with Gasteiger partial charge in [0.2, 0.25) is 0 Å². The zero-order chi connectivity index (χ0) is 11.8. The summed E-state index contributed by atoms with van der Waals surface area (Å²) < 4.78 is 22.6. The minimum absolute atomic E-state index is 0.0136. The van der Waals surface area contributed by atoms with Crippen molar-refractivity contribution in [2.45, 2.75) is 12.1 Å². The summed E-state index contributed by atoms with van der Waals surface area (Å²) in [7, 11) is -3.10. The fraction of sp³-hybridized carbons (Fsp3) is 0.400. The highest BCUT2D eigenvalue weighted by atomic mass is 32.2. The van der Waals surface area contributed by atoms with Crippen molar-refractivity contribution >= 4 is 21.2 Å². The highest BCUT2D eigenvalue weighted by molar-refractivity contribution is 7.91. The van der Waals surface area contributed by atoms with E-state index < -0.39 is 22.0 Å². The van der Waals surface area contributed by atoms with Crippen LogP contribution in [0.1, 0.15) is 0 Å². The summed E-state index contributed by atoms with van der Waals surface area (Å²) in [4.78, 5) is 0. The van der Waals surface area contributed by atoms with Crippen LogP contribution < -0.4 is 11.1 Å². The van der Waals surface area contributed by atoms with Gasteiger partial charge in [0.15, 0.2) is 9.84 Å². The summed E-state index contributed by atoms with van der Waals surface area (Å²) in [5.74, 6) is -0.168. The Hall–Kier alpha value is -1.11. The first kappa shape index (κ1) is 11.4. The average Bonchev–Trinajstić information content (AvgIpc) is 2.44. The third-order valence-electron chi connectivity index (χ3n) is 2.63. The van der Waals surface area contributed by atoms with E-state index in [0.29, 0.717) is 0 Å². The van der Waals surface area contributed by atoms with Crippen LogP contribution in [0.5, 0.6) is 0 Å². The predicted molar refractivity (Wildman–Crippen MR) is 61.1 cm³/mol. The lowest BCUT2D eigenvalue weighted by Crippen LogP contribution is -2.40. The lowest BCUT2D eigenvalue weighted by Gasteiger charge is -2.15. The van der Waals surface area contributed by atoms with Crippen molar-refractivity contribution in [3.63, 3.8) is 0 Å². The normalized spacial score (nSPS) is 27.9. The van der Waals surface area contributed by atoms with Crippen LogP contribution in [0.3, 0.4) is 0 Å². The minimum atomic E-state index is -3.10. The largest absolute Gasteiger partial charge is 0.390 e. The highest BCUT2D eigenvalue weighted by Crippen LogP contribution is 2.18. The number of benzene rings is 1. The molecule has 1 fully saturated rings. The second kappa shape index (κ2) is 4.04. The molecule has 0 spiro atoms. The van der Waals surface area contributed by atoms with Crippen molar-refractivity contribution < 1.29 is 19.3 Å². The van der Waals surface area contributed by atoms with Gasteiger partial charge in [0.05, 0.1) is 23.7 Å². The molecule has 0 radical (unpaired) electrons. The number of hydrogen-bond acceptors (Lipinski definition) is 4. The monoisotopic (exact) mass is 243 g/mol. The van der Waals surface area contributed by atoms with E-state index >= 15 is 0 Å². The van der Waals surface area contributed by atoms with Gasteiger partial charge in [-0.25, -0.2) is 8.42 Å². The molecular weight excluding hydrogens is 228 g/mol. The van der Waals surface area contributed by atoms with Crippen LogP contribution in [-0.2, 0) is 9.84 Å². The summed E-state index contributed by atoms with van der Waals surface area (Å²) in [5.41, 5.74) is 5.45. The van der Waals surface area contributed by atoms with E-state index in [9.17, 15) is 13.5 Å². The van der Waals surface area contributed by atoms with Crippen molar-refractivity contribution in [3.05, 3.63) is 24.3 Å². The van der Waals surface area contributed by atoms with Crippen molar-refractivity contribution in [2.75, 3.05) is 16.8 Å². The Morgan fingerprint density at radius 3 is 2.38 bits per heavy atom. The molecular formula is C10H15N2O3S+. The standard InChI is InChI=1S/C10H14N2O3S/c11-7-1-3-8(4-2-7)12-9-5-16(14,15)6-10(9)13/h1-4,9-10,12-13H,5-6,11H2/p+1. The van der Waals surface area contributed by atoms with E-state index in [1.54, 1.807) is 0 Å². The van der Waals surface area contributed by atoms with Crippen LogP contribution in [0.2, 0.25) is 0 Å². The molecule has 2 rings (SSSR count). The Morgan fingerprint density at radius 1 is 1.25 bits per heavy atom. The van der Waals surface area contributed by atoms with Crippen molar-refractivity contribution in [1.29, 1.82) is 0 Å². The maximum Gasteiger partial charge on any atom is 0.155 e. The minimum Gasteiger partial charge on any atom is -0.390 e. The lowest BCUT2D eigenvalue weighted by molar-refractivity contribution is -0.254. The summed E-state index contributed by atoms with van der Waals surface area (Å²) in [5, 5.41) is 12.6. The van der Waals surface area contributed by atoms with Gasteiger partial charge in [-0.2, -0.15) is 0 Å². The van der Waals surface area contributed by atoms with Gasteiger partial charge in [-0.05, 0) is 12.1 Å². The van der Waals surface area contributed by atoms with E-state index in [2.05, 4.69) is 11.1 Å². The molecule has 0 aromatic heterocycles. The third-order valence-corrected chi connectivity index (χ3v) is 4.35. The first-order chi connectivity index (χ1) is 7.46. The number of aliphatic hydroxyl groups is 1. The number of hydrogen-bond donors (Lipinski definition) is 3. The quantitative estimate of drug-likeness (QED) is 0.629. The molecule has 2 atom stereocenters. The van der Waals surface area contributed by atoms with Gasteiger partial charge in [-0.3, -0.25) is 0 Å². The first-order valence-electron chi connectivity index (χ1n) is 5.03. The van der Waals surface area contributed by atoms with Crippen LogP contribution in [0.25, 0.3) is 0 Å². The van der Waals surface area contributed by atoms with Crippen LogP contribution in [0, 0.1) is 0 Å². The van der Waals surface area contributed by atoms with Gasteiger partial charge in [0.1, 0.15) is 5.69 Å². The third kappa shape index (κ3) is 2.52. The van der Waals surface area contributed by atoms with Crippen molar-refractivity contribution in [3.8, 4) is 0 Å². The SMILES string of the molecule is [NH3+]c1ccc(NC2CS(=O)(=O)CC2O)cc1. The molecule has 88 valence electrons. The fourth-order valence-electron chi connectivity index (χ4n) is 1.78. The zero-order valence-electron chi connectivity index (χ0n) is 8.76. The molecule has 1 heterocycles. The summed E-state index contributed by atoms with van der Waals surface area (Å²) in [6, 6.07) is 6.89. The Morgan fingerprint density at radius 2 is 1.88 bits per heavy atom. The van der Waals surface area contributed by atoms with E-state index in [-0.39, 0.29) is 11.5 Å². The molecule has 1 aromatic rings. The zero-order valence-corrected chi connectivity index (χ0v) is 9.57. The van der Waals surface area contributed by atoms with E-state index in [0.717, 1.165) is 11.4 Å². The van der Waals surface area contributed by atoms with Crippen LogP contribution in [-0.4, -0.2) is 37.2 Å². The number of aliphatic hydroxyl groups excluding tert-OH is 1. The fourth-order valence-corrected chi connectivity index (χ4v) is 3.52. The van der Waals surface area contributed by atoms with Crippen LogP contribution >= 0.6 is 0 Å². The molecule has 1 saturated heterocycles. The molecule has 16 heavy (non-hydrogen) atoms. The maximum atomic E-state index is 11.3. The average molecular weight is 243 g/mol. The van der Waals surface area contributed by atoms with Gasteiger partial charge < -0.3 is 16.2 Å². The molecule has 5 nitrogen and oxygen atoms in total. The molecule has 0 amide bonds. The number of nitrogens with one attached hydrogen (secondary N) is 1. The maximum absolute atomic E-state index is 11.3. The second-order valence-electron chi connectivity index (χ2n) is 4.09. The second-order valence-corrected chi connectivity index (χ2v) is 6.25. The molecule has 2 unspecified atom stereocenters. The van der Waals surface area contributed by atoms with Crippen molar-refractivity contribution in [1.82, 2.24) is 0 Å². The number of quaternary nitrogens is 1. The lowest BCUT2D eigenvalue weighted by atomic mass is 10.2. The van der Waals surface area contributed by atoms with Gasteiger partial charge in [-0.15, -0.1) is 0 Å². The summed E-state index contributed by atoms with van der Waals surface area (Å²) in [6.07, 6.45) is -0.829. The smallest absolute Gasteiger partial charge is 0.155 e. The van der Waals surface area contributed by atoms with Crippen LogP contribution in [0.4, 0.5) is 11.4 Å². The van der Waals surface area contributed by atoms with Gasteiger partial charge in [-0.1, -0.05) is 0 Å². The molecule has 0 aliphatic carbocycles. The topological polar surface area (TPSA) is 94.0 Å². The number of rotatable bonds is 2. The Bertz CT molecular complexity index is 469. The van der Waals surface area contributed by atoms with E-state index in [4.69, 9.17) is 0 Å². The van der Waals surface area contributed by atoms with E-state index in [1.807, 2.05) is 24.3 Å². The summed E-state index contributed by atoms with van der Waals surface area (Å²) in [6.45, 7) is 0. The molecule has 5 N–H and O–H groups in total. The Balaban J connectivity index is 2.08. The molecule has 0 bridgehead atoms. The summed E-state index contributed by atoms with van der Waals surface area (Å²) >= 11 is 0. The van der Waals surface area contributed by atoms with Gasteiger partial charge >= 0.3 is 0 Å². The molecule has 1 aliphatic heterocycles. The Kier molecular flexibility index (Phi) is 2.88. The van der Waals surface area contributed by atoms with E-state index in [1.165, 1.54) is 0 Å². The number of sulfone groups is 1.